The average molecular weight is 353 g/mol. The van der Waals surface area contributed by atoms with Crippen molar-refractivity contribution in [3.8, 4) is 11.5 Å². The van der Waals surface area contributed by atoms with Crippen LogP contribution < -0.4 is 14.4 Å². The van der Waals surface area contributed by atoms with E-state index in [1.807, 2.05) is 30.3 Å². The fourth-order valence-corrected chi connectivity index (χ4v) is 2.50. The molecule has 1 heterocycles. The van der Waals surface area contributed by atoms with E-state index < -0.39 is 12.1 Å². The molecule has 1 aliphatic rings. The Morgan fingerprint density at radius 3 is 2.62 bits per heavy atom. The molecule has 0 radical (unpaired) electrons. The van der Waals surface area contributed by atoms with Gasteiger partial charge in [0.25, 0.3) is 5.91 Å². The number of para-hydroxylation sites is 1. The lowest BCUT2D eigenvalue weighted by Crippen LogP contribution is -2.37. The summed E-state index contributed by atoms with van der Waals surface area (Å²) in [5.74, 6) is 0.410. The van der Waals surface area contributed by atoms with Gasteiger partial charge in [0.1, 0.15) is 0 Å². The van der Waals surface area contributed by atoms with Gasteiger partial charge < -0.3 is 19.1 Å². The van der Waals surface area contributed by atoms with Crippen molar-refractivity contribution in [2.45, 2.75) is 13.0 Å². The molecule has 0 aliphatic carbocycles. The van der Waals surface area contributed by atoms with Crippen LogP contribution in [-0.2, 0) is 14.3 Å². The van der Waals surface area contributed by atoms with Crippen LogP contribution in [0.2, 0.25) is 0 Å². The first-order chi connectivity index (χ1) is 12.5. The molecule has 6 heteroatoms. The maximum Gasteiger partial charge on any atom is 0.331 e. The molecule has 26 heavy (non-hydrogen) atoms. The van der Waals surface area contributed by atoms with E-state index >= 15 is 0 Å². The van der Waals surface area contributed by atoms with E-state index in [4.69, 9.17) is 14.2 Å². The minimum absolute atomic E-state index is 0.194. The van der Waals surface area contributed by atoms with E-state index in [1.165, 1.54) is 11.0 Å². The number of likely N-dealkylation sites (N-methyl/N-ethyl adjacent to an activating group) is 1. The summed E-state index contributed by atoms with van der Waals surface area (Å²) in [4.78, 5) is 25.8. The lowest BCUT2D eigenvalue weighted by Gasteiger charge is -2.21. The number of amides is 1. The predicted molar refractivity (Wildman–Crippen MR) is 97.0 cm³/mol. The Bertz CT molecular complexity index is 831. The van der Waals surface area contributed by atoms with Crippen LogP contribution in [0, 0.1) is 0 Å². The Labute approximate surface area is 151 Å². The molecular weight excluding hydrogens is 334 g/mol. The van der Waals surface area contributed by atoms with Crippen LogP contribution in [0.15, 0.2) is 54.6 Å². The second-order valence-electron chi connectivity index (χ2n) is 5.76. The molecule has 0 fully saturated rings. The standard InChI is InChI=1S/C20H19NO5/c1-14(20(23)21(2)16-6-4-3-5-7-16)26-19(22)11-9-15-8-10-17-18(12-15)25-13-24-17/h3-12,14H,13H2,1-2H3/b11-9+/t14-/m0/s1. The molecule has 0 aromatic heterocycles. The zero-order valence-electron chi connectivity index (χ0n) is 14.5. The highest BCUT2D eigenvalue weighted by molar-refractivity contribution is 5.98. The van der Waals surface area contributed by atoms with Gasteiger partial charge in [-0.1, -0.05) is 24.3 Å². The number of benzene rings is 2. The van der Waals surface area contributed by atoms with E-state index in [0.717, 1.165) is 11.3 Å². The summed E-state index contributed by atoms with van der Waals surface area (Å²) < 4.78 is 15.7. The number of ether oxygens (including phenoxy) is 3. The molecular formula is C20H19NO5. The van der Waals surface area contributed by atoms with E-state index in [2.05, 4.69) is 0 Å². The monoisotopic (exact) mass is 353 g/mol. The molecule has 0 saturated carbocycles. The number of hydrogen-bond donors (Lipinski definition) is 0. The average Bonchev–Trinajstić information content (AvgIpc) is 3.13. The van der Waals surface area contributed by atoms with E-state index in [9.17, 15) is 9.59 Å². The van der Waals surface area contributed by atoms with Crippen molar-refractivity contribution in [2.24, 2.45) is 0 Å². The van der Waals surface area contributed by atoms with Crippen molar-refractivity contribution >= 4 is 23.6 Å². The molecule has 134 valence electrons. The van der Waals surface area contributed by atoms with Crippen molar-refractivity contribution < 1.29 is 23.8 Å². The first kappa shape index (κ1) is 17.5. The van der Waals surface area contributed by atoms with Crippen LogP contribution in [0.3, 0.4) is 0 Å². The second-order valence-corrected chi connectivity index (χ2v) is 5.76. The number of hydrogen-bond acceptors (Lipinski definition) is 5. The van der Waals surface area contributed by atoms with Gasteiger partial charge >= 0.3 is 5.97 Å². The van der Waals surface area contributed by atoms with Gasteiger partial charge in [-0.3, -0.25) is 4.79 Å². The first-order valence-electron chi connectivity index (χ1n) is 8.15. The number of carbonyl (C=O) groups excluding carboxylic acids is 2. The van der Waals surface area contributed by atoms with Gasteiger partial charge in [-0.05, 0) is 42.8 Å². The van der Waals surface area contributed by atoms with E-state index in [-0.39, 0.29) is 12.7 Å². The van der Waals surface area contributed by atoms with Crippen molar-refractivity contribution in [1.82, 2.24) is 0 Å². The van der Waals surface area contributed by atoms with Crippen molar-refractivity contribution in [3.05, 3.63) is 60.2 Å². The highest BCUT2D eigenvalue weighted by Crippen LogP contribution is 2.32. The van der Waals surface area contributed by atoms with Gasteiger partial charge in [-0.15, -0.1) is 0 Å². The summed E-state index contributed by atoms with van der Waals surface area (Å²) in [6.07, 6.45) is 1.99. The van der Waals surface area contributed by atoms with Crippen molar-refractivity contribution in [1.29, 1.82) is 0 Å². The zero-order valence-corrected chi connectivity index (χ0v) is 14.5. The normalized spacial score (nSPS) is 13.5. The number of nitrogens with zero attached hydrogens (tertiary/aromatic N) is 1. The zero-order chi connectivity index (χ0) is 18.5. The molecule has 6 nitrogen and oxygen atoms in total. The maximum absolute atomic E-state index is 12.4. The number of rotatable bonds is 5. The highest BCUT2D eigenvalue weighted by Gasteiger charge is 2.21. The SMILES string of the molecule is C[C@H](OC(=O)/C=C/c1ccc2c(c1)OCO2)C(=O)N(C)c1ccccc1. The summed E-state index contributed by atoms with van der Waals surface area (Å²) in [6, 6.07) is 14.5. The third kappa shape index (κ3) is 4.03. The smallest absolute Gasteiger partial charge is 0.331 e. The van der Waals surface area contributed by atoms with Gasteiger partial charge in [0.05, 0.1) is 0 Å². The summed E-state index contributed by atoms with van der Waals surface area (Å²) in [6.45, 7) is 1.74. The van der Waals surface area contributed by atoms with Gasteiger partial charge in [0.2, 0.25) is 6.79 Å². The number of anilines is 1. The molecule has 3 rings (SSSR count). The molecule has 2 aromatic carbocycles. The number of carbonyl (C=O) groups is 2. The van der Waals surface area contributed by atoms with Gasteiger partial charge in [0.15, 0.2) is 17.6 Å². The Morgan fingerprint density at radius 1 is 1.12 bits per heavy atom. The predicted octanol–water partition coefficient (Wildman–Crippen LogP) is 3.02. The summed E-state index contributed by atoms with van der Waals surface area (Å²) in [5, 5.41) is 0. The molecule has 2 aromatic rings. The van der Waals surface area contributed by atoms with Crippen LogP contribution in [0.4, 0.5) is 5.69 Å². The van der Waals surface area contributed by atoms with Crippen LogP contribution in [0.5, 0.6) is 11.5 Å². The van der Waals surface area contributed by atoms with Crippen molar-refractivity contribution in [3.63, 3.8) is 0 Å². The molecule has 1 amide bonds. The Balaban J connectivity index is 1.58. The van der Waals surface area contributed by atoms with E-state index in [1.54, 1.807) is 38.2 Å². The van der Waals surface area contributed by atoms with Crippen LogP contribution in [-0.4, -0.2) is 31.8 Å². The van der Waals surface area contributed by atoms with Gasteiger partial charge in [-0.25, -0.2) is 4.79 Å². The summed E-state index contributed by atoms with van der Waals surface area (Å²) in [7, 11) is 1.64. The third-order valence-corrected chi connectivity index (χ3v) is 3.92. The summed E-state index contributed by atoms with van der Waals surface area (Å²) >= 11 is 0. The number of fused-ring (bicyclic) bond motifs is 1. The molecule has 0 bridgehead atoms. The summed E-state index contributed by atoms with van der Waals surface area (Å²) in [5.41, 5.74) is 1.50. The van der Waals surface area contributed by atoms with Crippen LogP contribution in [0.25, 0.3) is 6.08 Å². The van der Waals surface area contributed by atoms with Crippen LogP contribution in [0.1, 0.15) is 12.5 Å². The van der Waals surface area contributed by atoms with Crippen molar-refractivity contribution in [2.75, 3.05) is 18.7 Å². The molecule has 0 unspecified atom stereocenters. The Hall–Kier alpha value is -3.28. The Kier molecular flexibility index (Phi) is 5.22. The Morgan fingerprint density at radius 2 is 1.85 bits per heavy atom. The molecule has 0 saturated heterocycles. The minimum Gasteiger partial charge on any atom is -0.454 e. The van der Waals surface area contributed by atoms with Crippen LogP contribution >= 0.6 is 0 Å². The van der Waals surface area contributed by atoms with Gasteiger partial charge in [-0.2, -0.15) is 0 Å². The topological polar surface area (TPSA) is 65.1 Å². The second kappa shape index (κ2) is 7.74. The molecule has 1 aliphatic heterocycles. The molecule has 0 spiro atoms. The fourth-order valence-electron chi connectivity index (χ4n) is 2.50. The molecule has 1 atom stereocenters. The quantitative estimate of drug-likeness (QED) is 0.611. The minimum atomic E-state index is -0.894. The molecule has 0 N–H and O–H groups in total. The largest absolute Gasteiger partial charge is 0.454 e. The number of esters is 1. The highest BCUT2D eigenvalue weighted by atomic mass is 16.7. The lowest BCUT2D eigenvalue weighted by molar-refractivity contribution is -0.148. The first-order valence-corrected chi connectivity index (χ1v) is 8.15. The lowest BCUT2D eigenvalue weighted by atomic mass is 10.2. The maximum atomic E-state index is 12.4. The fraction of sp³-hybridized carbons (Fsp3) is 0.200. The van der Waals surface area contributed by atoms with Gasteiger partial charge in [0, 0.05) is 18.8 Å². The van der Waals surface area contributed by atoms with E-state index in [0.29, 0.717) is 11.5 Å². The third-order valence-electron chi connectivity index (χ3n) is 3.92.